The van der Waals surface area contributed by atoms with Gasteiger partial charge in [0, 0.05) is 0 Å². The van der Waals surface area contributed by atoms with Crippen LogP contribution < -0.4 is 10.0 Å². The number of rotatable bonds is 7. The van der Waals surface area contributed by atoms with Gasteiger partial charge >= 0.3 is 0 Å². The molecule has 3 aromatic rings. The van der Waals surface area contributed by atoms with E-state index in [9.17, 15) is 13.2 Å². The Bertz CT molecular complexity index is 1100. The quantitative estimate of drug-likeness (QED) is 0.583. The standard InChI is InChI=1S/C25H28N2O3S/c1-17-15-18(2)24(19(3)16-17)31(29,30)27-20(4)25(28)26-23(21-11-7-5-8-12-21)22-13-9-6-10-14-22/h5-16,20,23,27H,1-4H3,(H,26,28). The van der Waals surface area contributed by atoms with Gasteiger partial charge in [0.2, 0.25) is 15.9 Å². The maximum atomic E-state index is 13.0. The zero-order valence-corrected chi connectivity index (χ0v) is 19.0. The van der Waals surface area contributed by atoms with E-state index < -0.39 is 22.0 Å². The van der Waals surface area contributed by atoms with Crippen LogP contribution in [0.4, 0.5) is 0 Å². The molecule has 0 spiro atoms. The maximum Gasteiger partial charge on any atom is 0.241 e. The SMILES string of the molecule is Cc1cc(C)c(S(=O)(=O)NC(C)C(=O)NC(c2ccccc2)c2ccccc2)c(C)c1. The molecule has 6 heteroatoms. The minimum Gasteiger partial charge on any atom is -0.344 e. The molecule has 0 aliphatic carbocycles. The van der Waals surface area contributed by atoms with Gasteiger partial charge in [-0.3, -0.25) is 4.79 Å². The molecule has 0 saturated carbocycles. The molecule has 1 amide bonds. The summed E-state index contributed by atoms with van der Waals surface area (Å²) < 4.78 is 28.6. The summed E-state index contributed by atoms with van der Waals surface area (Å²) in [6.45, 7) is 7.01. The molecule has 0 heterocycles. The number of carbonyl (C=O) groups is 1. The van der Waals surface area contributed by atoms with E-state index in [4.69, 9.17) is 0 Å². The Balaban J connectivity index is 1.83. The second kappa shape index (κ2) is 9.45. The van der Waals surface area contributed by atoms with Crippen molar-refractivity contribution in [1.82, 2.24) is 10.0 Å². The Morgan fingerprint density at radius 1 is 0.806 bits per heavy atom. The van der Waals surface area contributed by atoms with Gasteiger partial charge in [-0.25, -0.2) is 8.42 Å². The number of benzene rings is 3. The molecule has 0 aliphatic heterocycles. The molecule has 31 heavy (non-hydrogen) atoms. The lowest BCUT2D eigenvalue weighted by atomic mass is 9.98. The van der Waals surface area contributed by atoms with Crippen LogP contribution in [0.2, 0.25) is 0 Å². The van der Waals surface area contributed by atoms with Crippen LogP contribution in [0.15, 0.2) is 77.7 Å². The van der Waals surface area contributed by atoms with E-state index in [0.717, 1.165) is 16.7 Å². The monoisotopic (exact) mass is 436 g/mol. The molecule has 0 aromatic heterocycles. The second-order valence-corrected chi connectivity index (χ2v) is 9.48. The summed E-state index contributed by atoms with van der Waals surface area (Å²) >= 11 is 0. The van der Waals surface area contributed by atoms with Crippen LogP contribution in [0.1, 0.15) is 40.8 Å². The number of amides is 1. The summed E-state index contributed by atoms with van der Waals surface area (Å²) in [6, 6.07) is 21.5. The molecule has 5 nitrogen and oxygen atoms in total. The topological polar surface area (TPSA) is 75.3 Å². The van der Waals surface area contributed by atoms with E-state index in [1.807, 2.05) is 79.7 Å². The molecule has 3 aromatic carbocycles. The van der Waals surface area contributed by atoms with Gasteiger partial charge in [-0.05, 0) is 49.9 Å². The van der Waals surface area contributed by atoms with Crippen molar-refractivity contribution in [2.24, 2.45) is 0 Å². The summed E-state index contributed by atoms with van der Waals surface area (Å²) in [7, 11) is -3.86. The molecular weight excluding hydrogens is 408 g/mol. The molecule has 2 N–H and O–H groups in total. The normalized spacial score (nSPS) is 12.5. The van der Waals surface area contributed by atoms with Crippen molar-refractivity contribution >= 4 is 15.9 Å². The number of carbonyl (C=O) groups excluding carboxylic acids is 1. The first kappa shape index (κ1) is 22.7. The van der Waals surface area contributed by atoms with Crippen LogP contribution in [-0.4, -0.2) is 20.4 Å². The first-order valence-corrected chi connectivity index (χ1v) is 11.7. The van der Waals surface area contributed by atoms with Gasteiger partial charge < -0.3 is 5.32 Å². The smallest absolute Gasteiger partial charge is 0.241 e. The van der Waals surface area contributed by atoms with Crippen molar-refractivity contribution in [3.8, 4) is 0 Å². The number of hydrogen-bond donors (Lipinski definition) is 2. The Hall–Kier alpha value is -2.96. The maximum absolute atomic E-state index is 13.0. The third-order valence-electron chi connectivity index (χ3n) is 5.15. The van der Waals surface area contributed by atoms with Crippen LogP contribution >= 0.6 is 0 Å². The molecule has 1 atom stereocenters. The third-order valence-corrected chi connectivity index (χ3v) is 7.00. The third kappa shape index (κ3) is 5.40. The van der Waals surface area contributed by atoms with Crippen LogP contribution in [0.25, 0.3) is 0 Å². The molecule has 3 rings (SSSR count). The fourth-order valence-electron chi connectivity index (χ4n) is 3.85. The highest BCUT2D eigenvalue weighted by Crippen LogP contribution is 2.23. The number of aryl methyl sites for hydroxylation is 3. The minimum atomic E-state index is -3.86. The van der Waals surface area contributed by atoms with Crippen LogP contribution in [0, 0.1) is 20.8 Å². The Labute approximate surface area is 184 Å². The van der Waals surface area contributed by atoms with Gasteiger partial charge in [0.25, 0.3) is 0 Å². The first-order valence-electron chi connectivity index (χ1n) is 10.2. The highest BCUT2D eigenvalue weighted by molar-refractivity contribution is 7.89. The Morgan fingerprint density at radius 2 is 1.26 bits per heavy atom. The van der Waals surface area contributed by atoms with Crippen molar-refractivity contribution in [3.63, 3.8) is 0 Å². The fraction of sp³-hybridized carbons (Fsp3) is 0.240. The molecule has 0 aliphatic rings. The van der Waals surface area contributed by atoms with Gasteiger partial charge in [0.15, 0.2) is 0 Å². The molecule has 162 valence electrons. The van der Waals surface area contributed by atoms with E-state index in [1.54, 1.807) is 20.8 Å². The Kier molecular flexibility index (Phi) is 6.93. The van der Waals surface area contributed by atoms with E-state index in [2.05, 4.69) is 10.0 Å². The van der Waals surface area contributed by atoms with E-state index in [0.29, 0.717) is 11.1 Å². The lowest BCUT2D eigenvalue weighted by Gasteiger charge is -2.23. The van der Waals surface area contributed by atoms with Crippen molar-refractivity contribution in [2.45, 2.75) is 44.7 Å². The van der Waals surface area contributed by atoms with E-state index in [1.165, 1.54) is 0 Å². The van der Waals surface area contributed by atoms with Crippen LogP contribution in [-0.2, 0) is 14.8 Å². The van der Waals surface area contributed by atoms with E-state index in [-0.39, 0.29) is 10.9 Å². The average Bonchev–Trinajstić information content (AvgIpc) is 2.71. The van der Waals surface area contributed by atoms with Gasteiger partial charge in [-0.15, -0.1) is 0 Å². The fourth-order valence-corrected chi connectivity index (χ4v) is 5.51. The lowest BCUT2D eigenvalue weighted by molar-refractivity contribution is -0.122. The molecule has 0 bridgehead atoms. The van der Waals surface area contributed by atoms with Gasteiger partial charge in [-0.2, -0.15) is 4.72 Å². The number of hydrogen-bond acceptors (Lipinski definition) is 3. The number of nitrogens with one attached hydrogen (secondary N) is 2. The van der Waals surface area contributed by atoms with Crippen molar-refractivity contribution in [2.75, 3.05) is 0 Å². The highest BCUT2D eigenvalue weighted by Gasteiger charge is 2.27. The van der Waals surface area contributed by atoms with Crippen molar-refractivity contribution < 1.29 is 13.2 Å². The van der Waals surface area contributed by atoms with Gasteiger partial charge in [-0.1, -0.05) is 78.4 Å². The van der Waals surface area contributed by atoms with E-state index >= 15 is 0 Å². The Morgan fingerprint density at radius 3 is 1.71 bits per heavy atom. The molecule has 1 unspecified atom stereocenters. The average molecular weight is 437 g/mol. The largest absolute Gasteiger partial charge is 0.344 e. The summed E-state index contributed by atoms with van der Waals surface area (Å²) in [5, 5.41) is 3.00. The zero-order valence-electron chi connectivity index (χ0n) is 18.2. The van der Waals surface area contributed by atoms with Crippen LogP contribution in [0.5, 0.6) is 0 Å². The highest BCUT2D eigenvalue weighted by atomic mass is 32.2. The lowest BCUT2D eigenvalue weighted by Crippen LogP contribution is -2.46. The molecule has 0 radical (unpaired) electrons. The predicted molar refractivity (Wildman–Crippen MR) is 123 cm³/mol. The van der Waals surface area contributed by atoms with Gasteiger partial charge in [0.1, 0.15) is 0 Å². The zero-order chi connectivity index (χ0) is 22.6. The van der Waals surface area contributed by atoms with Gasteiger partial charge in [0.05, 0.1) is 17.0 Å². The molecule has 0 saturated heterocycles. The molecule has 0 fully saturated rings. The first-order chi connectivity index (χ1) is 14.7. The molecular formula is C25H28N2O3S. The summed E-state index contributed by atoms with van der Waals surface area (Å²) in [5.41, 5.74) is 4.14. The predicted octanol–water partition coefficient (Wildman–Crippen LogP) is 4.18. The summed E-state index contributed by atoms with van der Waals surface area (Å²) in [4.78, 5) is 13.2. The van der Waals surface area contributed by atoms with Crippen LogP contribution in [0.3, 0.4) is 0 Å². The summed E-state index contributed by atoms with van der Waals surface area (Å²) in [5.74, 6) is -0.399. The second-order valence-electron chi connectivity index (χ2n) is 7.83. The van der Waals surface area contributed by atoms with Crippen molar-refractivity contribution in [1.29, 1.82) is 0 Å². The summed E-state index contributed by atoms with van der Waals surface area (Å²) in [6.07, 6.45) is 0. The number of sulfonamides is 1. The van der Waals surface area contributed by atoms with Crippen molar-refractivity contribution in [3.05, 3.63) is 101 Å². The minimum absolute atomic E-state index is 0.223.